The summed E-state index contributed by atoms with van der Waals surface area (Å²) in [6, 6.07) is 4.43. The molecule has 1 aromatic rings. The van der Waals surface area contributed by atoms with Gasteiger partial charge in [-0.05, 0) is 63.0 Å². The smallest absolute Gasteiger partial charge is 0.308 e. The highest BCUT2D eigenvalue weighted by Crippen LogP contribution is 2.48. The van der Waals surface area contributed by atoms with E-state index in [4.69, 9.17) is 9.47 Å². The summed E-state index contributed by atoms with van der Waals surface area (Å²) in [6.45, 7) is 9.17. The van der Waals surface area contributed by atoms with Crippen LogP contribution in [0.15, 0.2) is 12.1 Å². The highest BCUT2D eigenvalue weighted by atomic mass is 16.5. The van der Waals surface area contributed by atoms with E-state index in [2.05, 4.69) is 32.9 Å². The predicted octanol–water partition coefficient (Wildman–Crippen LogP) is 4.39. The molecule has 1 fully saturated rings. The van der Waals surface area contributed by atoms with Gasteiger partial charge in [-0.25, -0.2) is 0 Å². The molecule has 1 aliphatic rings. The number of rotatable bonds is 7. The molecular formula is C19H28O3. The molecule has 0 amide bonds. The molecule has 3 unspecified atom stereocenters. The van der Waals surface area contributed by atoms with Gasteiger partial charge in [-0.2, -0.15) is 0 Å². The lowest BCUT2D eigenvalue weighted by atomic mass is 9.87. The maximum absolute atomic E-state index is 11.6. The Bertz CT molecular complexity index is 536. The average Bonchev–Trinajstić information content (AvgIpc) is 3.26. The van der Waals surface area contributed by atoms with Crippen LogP contribution in [0.2, 0.25) is 0 Å². The third-order valence-electron chi connectivity index (χ3n) is 4.68. The number of methoxy groups -OCH3 is 1. The Morgan fingerprint density at radius 3 is 2.64 bits per heavy atom. The molecule has 0 spiro atoms. The second-order valence-corrected chi connectivity index (χ2v) is 6.40. The zero-order valence-electron chi connectivity index (χ0n) is 14.4. The summed E-state index contributed by atoms with van der Waals surface area (Å²) in [5.41, 5.74) is 3.78. The van der Waals surface area contributed by atoms with E-state index < -0.39 is 0 Å². The van der Waals surface area contributed by atoms with Crippen LogP contribution in [0.25, 0.3) is 0 Å². The molecule has 3 heteroatoms. The Kier molecular flexibility index (Phi) is 5.49. The third-order valence-corrected chi connectivity index (χ3v) is 4.68. The van der Waals surface area contributed by atoms with E-state index in [0.717, 1.165) is 25.0 Å². The predicted molar refractivity (Wildman–Crippen MR) is 88.3 cm³/mol. The number of benzene rings is 1. The van der Waals surface area contributed by atoms with Gasteiger partial charge in [0.05, 0.1) is 19.6 Å². The fourth-order valence-electron chi connectivity index (χ4n) is 3.46. The number of carbonyl (C=O) groups is 1. The number of hydrogen-bond acceptors (Lipinski definition) is 3. The van der Waals surface area contributed by atoms with Crippen molar-refractivity contribution >= 4 is 5.97 Å². The minimum Gasteiger partial charge on any atom is -0.493 e. The van der Waals surface area contributed by atoms with Crippen LogP contribution in [-0.4, -0.2) is 19.7 Å². The average molecular weight is 304 g/mol. The van der Waals surface area contributed by atoms with Crippen LogP contribution in [0.3, 0.4) is 0 Å². The van der Waals surface area contributed by atoms with E-state index in [-0.39, 0.29) is 11.9 Å². The van der Waals surface area contributed by atoms with Gasteiger partial charge >= 0.3 is 5.97 Å². The zero-order valence-corrected chi connectivity index (χ0v) is 14.4. The van der Waals surface area contributed by atoms with Gasteiger partial charge in [0.1, 0.15) is 5.75 Å². The molecule has 3 atom stereocenters. The molecule has 1 saturated carbocycles. The molecule has 22 heavy (non-hydrogen) atoms. The summed E-state index contributed by atoms with van der Waals surface area (Å²) in [4.78, 5) is 11.6. The number of carbonyl (C=O) groups excluding carboxylic acids is 1. The number of hydrogen-bond donors (Lipinski definition) is 0. The van der Waals surface area contributed by atoms with Crippen molar-refractivity contribution in [1.82, 2.24) is 0 Å². The lowest BCUT2D eigenvalue weighted by Gasteiger charge is -2.21. The summed E-state index contributed by atoms with van der Waals surface area (Å²) < 4.78 is 10.8. The van der Waals surface area contributed by atoms with Crippen molar-refractivity contribution in [3.05, 3.63) is 28.8 Å². The van der Waals surface area contributed by atoms with Crippen LogP contribution in [0.5, 0.6) is 5.75 Å². The zero-order chi connectivity index (χ0) is 16.3. The Hall–Kier alpha value is -1.51. The summed E-state index contributed by atoms with van der Waals surface area (Å²) >= 11 is 0. The Labute approximate surface area is 134 Å². The van der Waals surface area contributed by atoms with Crippen LogP contribution in [0.4, 0.5) is 0 Å². The monoisotopic (exact) mass is 304 g/mol. The second-order valence-electron chi connectivity index (χ2n) is 6.40. The molecule has 2 rings (SSSR count). The maximum atomic E-state index is 11.6. The highest BCUT2D eigenvalue weighted by molar-refractivity contribution is 5.75. The standard InChI is InChI=1S/C19H28O3/c1-6-14(10-15-11-17(15)19(20)21-5)16-9-12(3)8-13(4)18(16)22-7-2/h8-9,14-15,17H,6-7,10-11H2,1-5H3. The van der Waals surface area contributed by atoms with Gasteiger partial charge in [0.25, 0.3) is 0 Å². The largest absolute Gasteiger partial charge is 0.493 e. The fraction of sp³-hybridized carbons (Fsp3) is 0.632. The molecule has 0 aliphatic heterocycles. The van der Waals surface area contributed by atoms with Crippen LogP contribution in [-0.2, 0) is 9.53 Å². The first-order valence-corrected chi connectivity index (χ1v) is 8.33. The fourth-order valence-corrected chi connectivity index (χ4v) is 3.46. The maximum Gasteiger partial charge on any atom is 0.308 e. The molecule has 1 aromatic carbocycles. The van der Waals surface area contributed by atoms with Crippen molar-refractivity contribution in [3.63, 3.8) is 0 Å². The van der Waals surface area contributed by atoms with Gasteiger partial charge < -0.3 is 9.47 Å². The first kappa shape index (κ1) is 16.9. The van der Waals surface area contributed by atoms with Crippen molar-refractivity contribution in [2.45, 2.75) is 52.9 Å². The minimum absolute atomic E-state index is 0.0506. The van der Waals surface area contributed by atoms with E-state index >= 15 is 0 Å². The Balaban J connectivity index is 2.19. The van der Waals surface area contributed by atoms with Crippen molar-refractivity contribution < 1.29 is 14.3 Å². The normalized spacial score (nSPS) is 21.3. The van der Waals surface area contributed by atoms with Crippen LogP contribution in [0.1, 0.15) is 55.7 Å². The number of aryl methyl sites for hydroxylation is 2. The van der Waals surface area contributed by atoms with Gasteiger partial charge in [-0.15, -0.1) is 0 Å². The molecule has 1 aliphatic carbocycles. The van der Waals surface area contributed by atoms with Gasteiger partial charge in [0.2, 0.25) is 0 Å². The lowest BCUT2D eigenvalue weighted by molar-refractivity contribution is -0.142. The van der Waals surface area contributed by atoms with Crippen LogP contribution in [0, 0.1) is 25.7 Å². The third kappa shape index (κ3) is 3.63. The molecular weight excluding hydrogens is 276 g/mol. The number of esters is 1. The molecule has 122 valence electrons. The highest BCUT2D eigenvalue weighted by Gasteiger charge is 2.44. The molecule has 0 N–H and O–H groups in total. The molecule has 0 aromatic heterocycles. The van der Waals surface area contributed by atoms with Crippen molar-refractivity contribution in [2.24, 2.45) is 11.8 Å². The second kappa shape index (κ2) is 7.17. The van der Waals surface area contributed by atoms with E-state index in [1.807, 2.05) is 6.92 Å². The number of ether oxygens (including phenoxy) is 2. The minimum atomic E-state index is -0.0506. The molecule has 0 radical (unpaired) electrons. The summed E-state index contributed by atoms with van der Waals surface area (Å²) in [7, 11) is 1.48. The van der Waals surface area contributed by atoms with Crippen LogP contribution >= 0.6 is 0 Å². The lowest BCUT2D eigenvalue weighted by Crippen LogP contribution is -2.08. The quantitative estimate of drug-likeness (QED) is 0.701. The van der Waals surface area contributed by atoms with Gasteiger partial charge in [0.15, 0.2) is 0 Å². The first-order chi connectivity index (χ1) is 10.5. The van der Waals surface area contributed by atoms with Crippen LogP contribution < -0.4 is 4.74 Å². The van der Waals surface area contributed by atoms with Gasteiger partial charge in [-0.3, -0.25) is 4.79 Å². The van der Waals surface area contributed by atoms with E-state index in [1.165, 1.54) is 23.8 Å². The molecule has 3 nitrogen and oxygen atoms in total. The molecule has 0 saturated heterocycles. The summed E-state index contributed by atoms with van der Waals surface area (Å²) in [5, 5.41) is 0. The Morgan fingerprint density at radius 2 is 2.05 bits per heavy atom. The van der Waals surface area contributed by atoms with Crippen molar-refractivity contribution in [1.29, 1.82) is 0 Å². The molecule has 0 bridgehead atoms. The Morgan fingerprint density at radius 1 is 1.32 bits per heavy atom. The summed E-state index contributed by atoms with van der Waals surface area (Å²) in [6.07, 6.45) is 3.07. The van der Waals surface area contributed by atoms with Gasteiger partial charge in [0, 0.05) is 0 Å². The van der Waals surface area contributed by atoms with E-state index in [1.54, 1.807) is 0 Å². The van der Waals surface area contributed by atoms with E-state index in [9.17, 15) is 4.79 Å². The topological polar surface area (TPSA) is 35.5 Å². The van der Waals surface area contributed by atoms with Crippen molar-refractivity contribution in [2.75, 3.05) is 13.7 Å². The SMILES string of the molecule is CCOc1c(C)cc(C)cc1C(CC)CC1CC1C(=O)OC. The van der Waals surface area contributed by atoms with Crippen molar-refractivity contribution in [3.8, 4) is 5.75 Å². The van der Waals surface area contributed by atoms with Gasteiger partial charge in [-0.1, -0.05) is 24.6 Å². The summed E-state index contributed by atoms with van der Waals surface area (Å²) in [5.74, 6) is 2.01. The van der Waals surface area contributed by atoms with E-state index in [0.29, 0.717) is 18.4 Å². The molecule has 0 heterocycles. The first-order valence-electron chi connectivity index (χ1n) is 8.33.